The van der Waals surface area contributed by atoms with E-state index in [1.165, 1.54) is 0 Å². The molecule has 24 heavy (non-hydrogen) atoms. The summed E-state index contributed by atoms with van der Waals surface area (Å²) in [6.45, 7) is 0.397. The lowest BCUT2D eigenvalue weighted by Gasteiger charge is -2.08. The number of benzene rings is 1. The minimum atomic E-state index is -1.11. The highest BCUT2D eigenvalue weighted by atomic mass is 16.5. The molecule has 0 atom stereocenters. The summed E-state index contributed by atoms with van der Waals surface area (Å²) in [5.41, 5.74) is 1.90. The van der Waals surface area contributed by atoms with Gasteiger partial charge in [-0.05, 0) is 23.3 Å². The number of hydrogen-bond donors (Lipinski definition) is 2. The Bertz CT molecular complexity index is 653. The number of aliphatic carboxylic acids is 1. The Labute approximate surface area is 139 Å². The molecule has 2 rings (SSSR count). The van der Waals surface area contributed by atoms with Gasteiger partial charge in [-0.1, -0.05) is 24.3 Å². The summed E-state index contributed by atoms with van der Waals surface area (Å²) < 4.78 is 15.5. The van der Waals surface area contributed by atoms with E-state index < -0.39 is 12.6 Å². The number of amides is 1. The van der Waals surface area contributed by atoms with E-state index >= 15 is 0 Å². The summed E-state index contributed by atoms with van der Waals surface area (Å²) in [6, 6.07) is 11.3. The summed E-state index contributed by atoms with van der Waals surface area (Å²) in [5, 5.41) is 11.1. The van der Waals surface area contributed by atoms with E-state index in [1.807, 2.05) is 36.4 Å². The van der Waals surface area contributed by atoms with Crippen LogP contribution in [0.5, 0.6) is 0 Å². The van der Waals surface area contributed by atoms with Gasteiger partial charge in [0.1, 0.15) is 25.6 Å². The molecule has 0 saturated heterocycles. The zero-order valence-electron chi connectivity index (χ0n) is 13.1. The van der Waals surface area contributed by atoms with Crippen LogP contribution in [-0.4, -0.2) is 30.2 Å². The first-order chi connectivity index (χ1) is 11.6. The van der Waals surface area contributed by atoms with E-state index in [2.05, 4.69) is 5.32 Å². The zero-order valence-corrected chi connectivity index (χ0v) is 13.1. The van der Waals surface area contributed by atoms with Gasteiger partial charge in [0.05, 0.1) is 12.9 Å². The first-order valence-electron chi connectivity index (χ1n) is 7.37. The highest BCUT2D eigenvalue weighted by Crippen LogP contribution is 2.09. The SMILES string of the molecule is O=C(O)COCC(=O)NCc1cccc(COCc2ccco2)c1. The smallest absolute Gasteiger partial charge is 0.329 e. The highest BCUT2D eigenvalue weighted by Gasteiger charge is 2.04. The van der Waals surface area contributed by atoms with Crippen LogP contribution in [0.2, 0.25) is 0 Å². The maximum Gasteiger partial charge on any atom is 0.329 e. The van der Waals surface area contributed by atoms with Crippen molar-refractivity contribution in [3.05, 3.63) is 59.5 Å². The highest BCUT2D eigenvalue weighted by molar-refractivity contribution is 5.77. The largest absolute Gasteiger partial charge is 0.480 e. The van der Waals surface area contributed by atoms with E-state index in [0.717, 1.165) is 16.9 Å². The molecule has 0 radical (unpaired) electrons. The second-order valence-electron chi connectivity index (χ2n) is 5.06. The van der Waals surface area contributed by atoms with E-state index in [-0.39, 0.29) is 12.5 Å². The minimum absolute atomic E-state index is 0.280. The molecule has 1 aromatic carbocycles. The van der Waals surface area contributed by atoms with E-state index in [1.54, 1.807) is 6.26 Å². The van der Waals surface area contributed by atoms with Crippen LogP contribution in [0, 0.1) is 0 Å². The number of nitrogens with one attached hydrogen (secondary N) is 1. The van der Waals surface area contributed by atoms with Crippen LogP contribution in [0.15, 0.2) is 47.1 Å². The molecule has 2 N–H and O–H groups in total. The molecular weight excluding hydrogens is 314 g/mol. The molecule has 2 aromatic rings. The number of furan rings is 1. The number of carbonyl (C=O) groups is 2. The van der Waals surface area contributed by atoms with Crippen molar-refractivity contribution in [3.8, 4) is 0 Å². The number of carboxylic acid groups (broad SMARTS) is 1. The summed E-state index contributed by atoms with van der Waals surface area (Å²) in [5.74, 6) is -0.708. The van der Waals surface area contributed by atoms with Crippen LogP contribution in [0.1, 0.15) is 16.9 Å². The summed E-state index contributed by atoms with van der Waals surface area (Å²) >= 11 is 0. The third-order valence-corrected chi connectivity index (χ3v) is 3.03. The normalized spacial score (nSPS) is 10.5. The number of ether oxygens (including phenoxy) is 2. The van der Waals surface area contributed by atoms with Crippen molar-refractivity contribution < 1.29 is 28.6 Å². The monoisotopic (exact) mass is 333 g/mol. The van der Waals surface area contributed by atoms with Crippen molar-refractivity contribution in [3.63, 3.8) is 0 Å². The molecule has 0 aliphatic heterocycles. The van der Waals surface area contributed by atoms with Crippen molar-refractivity contribution in [1.82, 2.24) is 5.32 Å². The Balaban J connectivity index is 1.71. The quantitative estimate of drug-likeness (QED) is 0.687. The Morgan fingerprint density at radius 2 is 1.88 bits per heavy atom. The predicted octanol–water partition coefficient (Wildman–Crippen LogP) is 1.71. The zero-order chi connectivity index (χ0) is 17.2. The molecular formula is C17H19NO6. The molecule has 0 aliphatic rings. The van der Waals surface area contributed by atoms with Crippen LogP contribution >= 0.6 is 0 Å². The number of rotatable bonds is 10. The molecule has 0 aliphatic carbocycles. The Kier molecular flexibility index (Phi) is 7.00. The molecule has 128 valence electrons. The average molecular weight is 333 g/mol. The summed E-state index contributed by atoms with van der Waals surface area (Å²) in [7, 11) is 0. The molecule has 1 aromatic heterocycles. The standard InChI is InChI=1S/C17H19NO6/c19-16(11-23-12-17(20)21)18-8-13-3-1-4-14(7-13)9-22-10-15-5-2-6-24-15/h1-7H,8-12H2,(H,18,19)(H,20,21). The van der Waals surface area contributed by atoms with E-state index in [9.17, 15) is 9.59 Å². The molecule has 0 unspecified atom stereocenters. The van der Waals surface area contributed by atoms with Gasteiger partial charge in [0.15, 0.2) is 0 Å². The van der Waals surface area contributed by atoms with Crippen LogP contribution in [0.4, 0.5) is 0 Å². The van der Waals surface area contributed by atoms with Gasteiger partial charge >= 0.3 is 5.97 Å². The molecule has 0 fully saturated rings. The lowest BCUT2D eigenvalue weighted by Crippen LogP contribution is -2.28. The fourth-order valence-corrected chi connectivity index (χ4v) is 1.98. The topological polar surface area (TPSA) is 98.0 Å². The molecule has 1 heterocycles. The lowest BCUT2D eigenvalue weighted by atomic mass is 10.1. The van der Waals surface area contributed by atoms with Crippen LogP contribution < -0.4 is 5.32 Å². The average Bonchev–Trinajstić information content (AvgIpc) is 3.06. The molecule has 0 saturated carbocycles. The Morgan fingerprint density at radius 1 is 1.04 bits per heavy atom. The van der Waals surface area contributed by atoms with E-state index in [4.69, 9.17) is 19.0 Å². The van der Waals surface area contributed by atoms with Gasteiger partial charge < -0.3 is 24.3 Å². The van der Waals surface area contributed by atoms with Crippen molar-refractivity contribution in [1.29, 1.82) is 0 Å². The maximum absolute atomic E-state index is 11.5. The predicted molar refractivity (Wildman–Crippen MR) is 83.9 cm³/mol. The summed E-state index contributed by atoms with van der Waals surface area (Å²) in [6.07, 6.45) is 1.60. The van der Waals surface area contributed by atoms with Gasteiger partial charge in [-0.3, -0.25) is 4.79 Å². The molecule has 7 nitrogen and oxygen atoms in total. The lowest BCUT2D eigenvalue weighted by molar-refractivity contribution is -0.143. The number of carbonyl (C=O) groups excluding carboxylic acids is 1. The minimum Gasteiger partial charge on any atom is -0.480 e. The molecule has 7 heteroatoms. The second-order valence-corrected chi connectivity index (χ2v) is 5.06. The van der Waals surface area contributed by atoms with Crippen molar-refractivity contribution >= 4 is 11.9 Å². The van der Waals surface area contributed by atoms with Crippen molar-refractivity contribution in [2.24, 2.45) is 0 Å². The third kappa shape index (κ3) is 6.64. The van der Waals surface area contributed by atoms with Gasteiger partial charge in [-0.25, -0.2) is 4.79 Å². The first kappa shape index (κ1) is 17.7. The van der Waals surface area contributed by atoms with Gasteiger partial charge in [0.25, 0.3) is 0 Å². The van der Waals surface area contributed by atoms with Crippen molar-refractivity contribution in [2.75, 3.05) is 13.2 Å². The van der Waals surface area contributed by atoms with Gasteiger partial charge in [-0.15, -0.1) is 0 Å². The van der Waals surface area contributed by atoms with Crippen LogP contribution in [0.25, 0.3) is 0 Å². The molecule has 0 bridgehead atoms. The van der Waals surface area contributed by atoms with Crippen molar-refractivity contribution in [2.45, 2.75) is 19.8 Å². The number of carboxylic acids is 1. The van der Waals surface area contributed by atoms with Gasteiger partial charge in [-0.2, -0.15) is 0 Å². The first-order valence-corrected chi connectivity index (χ1v) is 7.37. The number of hydrogen-bond acceptors (Lipinski definition) is 5. The maximum atomic E-state index is 11.5. The van der Waals surface area contributed by atoms with Crippen LogP contribution in [-0.2, 0) is 38.8 Å². The summed E-state index contributed by atoms with van der Waals surface area (Å²) in [4.78, 5) is 21.8. The van der Waals surface area contributed by atoms with Crippen LogP contribution in [0.3, 0.4) is 0 Å². The van der Waals surface area contributed by atoms with Gasteiger partial charge in [0, 0.05) is 6.54 Å². The third-order valence-electron chi connectivity index (χ3n) is 3.03. The fourth-order valence-electron chi connectivity index (χ4n) is 1.98. The Hall–Kier alpha value is -2.64. The second kappa shape index (κ2) is 9.49. The molecule has 0 spiro atoms. The fraction of sp³-hybridized carbons (Fsp3) is 0.294. The Morgan fingerprint density at radius 3 is 2.62 bits per heavy atom. The van der Waals surface area contributed by atoms with Gasteiger partial charge in [0.2, 0.25) is 5.91 Å². The molecule has 1 amide bonds. The van der Waals surface area contributed by atoms with E-state index in [0.29, 0.717) is 19.8 Å².